The quantitative estimate of drug-likeness (QED) is 0.291. The van der Waals surface area contributed by atoms with Crippen LogP contribution >= 0.6 is 0 Å². The summed E-state index contributed by atoms with van der Waals surface area (Å²) in [7, 11) is 0. The summed E-state index contributed by atoms with van der Waals surface area (Å²) in [6.07, 6.45) is 0. The second kappa shape index (κ2) is 42.6. The van der Waals surface area contributed by atoms with Crippen LogP contribution in [0.15, 0.2) is 0 Å². The van der Waals surface area contributed by atoms with E-state index in [-0.39, 0.29) is 47.4 Å². The molecule has 4 heteroatoms. The molecule has 0 aromatic carbocycles. The average Bonchev–Trinajstić information content (AvgIpc) is 0.918. The van der Waals surface area contributed by atoms with Crippen LogP contribution in [0.5, 0.6) is 0 Å². The van der Waals surface area contributed by atoms with Gasteiger partial charge in [-0.15, -0.1) is 0 Å². The molecule has 0 rings (SSSR count). The monoisotopic (exact) mass is 117 g/mol. The molecule has 0 saturated heterocycles. The Hall–Kier alpha value is 0.740. The van der Waals surface area contributed by atoms with Gasteiger partial charge in [0.15, 0.2) is 0 Å². The predicted octanol–water partition coefficient (Wildman–Crippen LogP) is -6.29. The Kier molecular flexibility index (Phi) is 210. The van der Waals surface area contributed by atoms with Crippen LogP contribution in [0.2, 0.25) is 0 Å². The van der Waals surface area contributed by atoms with E-state index in [1.165, 1.54) is 6.92 Å². The summed E-state index contributed by atoms with van der Waals surface area (Å²) in [4.78, 5) is 0. The van der Waals surface area contributed by atoms with Crippen molar-refractivity contribution < 1.29 is 47.4 Å². The second-order valence-electron chi connectivity index (χ2n) is 0.224. The van der Waals surface area contributed by atoms with Crippen molar-refractivity contribution in [2.75, 3.05) is 0 Å². The fraction of sp³-hybridized carbons (Fsp3) is 0.500. The first-order valence-electron chi connectivity index (χ1n) is 0.724. The summed E-state index contributed by atoms with van der Waals surface area (Å²) >= 11 is 0. The van der Waals surface area contributed by atoms with E-state index in [1.807, 2.05) is 0 Å². The van der Waals surface area contributed by atoms with Crippen LogP contribution in [0.1, 0.15) is 6.92 Å². The zero-order chi connectivity index (χ0) is 2.71. The molecule has 0 aromatic rings. The van der Waals surface area contributed by atoms with Crippen molar-refractivity contribution >= 4 is 0 Å². The molecule has 6 heavy (non-hydrogen) atoms. The number of nitrogens with zero attached hydrogens (tertiary/aromatic N) is 1. The van der Waals surface area contributed by atoms with E-state index >= 15 is 0 Å². The molecule has 0 bridgehead atoms. The third-order valence-electron chi connectivity index (χ3n) is 0. The Morgan fingerprint density at radius 3 is 1.50 bits per heavy atom. The van der Waals surface area contributed by atoms with Gasteiger partial charge in [0.25, 0.3) is 0 Å². The SMILES string of the molecule is CC#N.O.[Cl-].[Na+]. The third-order valence-corrected chi connectivity index (χ3v) is 0. The third kappa shape index (κ3) is 121. The fourth-order valence-corrected chi connectivity index (χ4v) is 0. The van der Waals surface area contributed by atoms with Gasteiger partial charge in [0.2, 0.25) is 0 Å². The van der Waals surface area contributed by atoms with Crippen LogP contribution in [0.3, 0.4) is 0 Å². The standard InChI is InChI=1S/C2H3N.ClH.Na.H2O/c1-2-3;;;/h1H3;1H;;1H2/q;;+1;/p-1. The molecule has 0 aliphatic rings. The van der Waals surface area contributed by atoms with Gasteiger partial charge in [0, 0.05) is 6.92 Å². The Labute approximate surface area is 65.5 Å². The van der Waals surface area contributed by atoms with Crippen LogP contribution in [0, 0.1) is 11.3 Å². The minimum absolute atomic E-state index is 0. The van der Waals surface area contributed by atoms with Crippen molar-refractivity contribution in [2.45, 2.75) is 6.92 Å². The van der Waals surface area contributed by atoms with E-state index in [9.17, 15) is 0 Å². The number of nitriles is 1. The van der Waals surface area contributed by atoms with Crippen molar-refractivity contribution in [1.29, 1.82) is 5.26 Å². The summed E-state index contributed by atoms with van der Waals surface area (Å²) in [6.45, 7) is 1.43. The first-order chi connectivity index (χ1) is 1.41. The van der Waals surface area contributed by atoms with Crippen molar-refractivity contribution in [3.8, 4) is 6.07 Å². The van der Waals surface area contributed by atoms with E-state index < -0.39 is 0 Å². The van der Waals surface area contributed by atoms with E-state index in [4.69, 9.17) is 5.26 Å². The van der Waals surface area contributed by atoms with Gasteiger partial charge in [0.05, 0.1) is 6.07 Å². The normalized spacial score (nSPS) is 1.33. The molecular weight excluding hydrogens is 112 g/mol. The molecule has 0 aliphatic carbocycles. The average molecular weight is 118 g/mol. The first-order valence-corrected chi connectivity index (χ1v) is 0.724. The summed E-state index contributed by atoms with van der Waals surface area (Å²) in [5.41, 5.74) is 0. The fourth-order valence-electron chi connectivity index (χ4n) is 0. The molecule has 0 amide bonds. The molecule has 0 aromatic heterocycles. The van der Waals surface area contributed by atoms with Crippen LogP contribution in [-0.4, -0.2) is 5.48 Å². The molecule has 0 atom stereocenters. The van der Waals surface area contributed by atoms with Gasteiger partial charge in [-0.25, -0.2) is 0 Å². The van der Waals surface area contributed by atoms with Crippen molar-refractivity contribution in [1.82, 2.24) is 0 Å². The number of halogens is 1. The van der Waals surface area contributed by atoms with Gasteiger partial charge in [-0.3, -0.25) is 0 Å². The molecule has 0 spiro atoms. The predicted molar refractivity (Wildman–Crippen MR) is 14.9 cm³/mol. The zero-order valence-electron chi connectivity index (χ0n) is 3.83. The summed E-state index contributed by atoms with van der Waals surface area (Å²) < 4.78 is 0. The number of rotatable bonds is 0. The molecule has 0 fully saturated rings. The van der Waals surface area contributed by atoms with Crippen LogP contribution in [0.25, 0.3) is 0 Å². The van der Waals surface area contributed by atoms with E-state index in [0.717, 1.165) is 0 Å². The summed E-state index contributed by atoms with van der Waals surface area (Å²) in [6, 6.07) is 1.75. The van der Waals surface area contributed by atoms with E-state index in [0.29, 0.717) is 0 Å². The molecule has 0 radical (unpaired) electrons. The molecule has 0 saturated carbocycles. The topological polar surface area (TPSA) is 55.3 Å². The first kappa shape index (κ1) is 29.6. The molecule has 32 valence electrons. The maximum atomic E-state index is 7.32. The Bertz CT molecular complexity index is 35.0. The zero-order valence-corrected chi connectivity index (χ0v) is 6.58. The molecule has 0 heterocycles. The smallest absolute Gasteiger partial charge is 1.00 e. The van der Waals surface area contributed by atoms with Crippen LogP contribution < -0.4 is 42.0 Å². The maximum Gasteiger partial charge on any atom is 1.00 e. The molecule has 2 N–H and O–H groups in total. The Morgan fingerprint density at radius 1 is 1.50 bits per heavy atom. The molecule has 0 unspecified atom stereocenters. The van der Waals surface area contributed by atoms with Gasteiger partial charge in [-0.05, 0) is 0 Å². The molecule has 0 aliphatic heterocycles. The van der Waals surface area contributed by atoms with Gasteiger partial charge in [-0.2, -0.15) is 5.26 Å². The van der Waals surface area contributed by atoms with Gasteiger partial charge in [0.1, 0.15) is 0 Å². The summed E-state index contributed by atoms with van der Waals surface area (Å²) in [5.74, 6) is 0. The van der Waals surface area contributed by atoms with Gasteiger partial charge >= 0.3 is 29.6 Å². The van der Waals surface area contributed by atoms with Crippen molar-refractivity contribution in [3.05, 3.63) is 0 Å². The Morgan fingerprint density at radius 2 is 1.50 bits per heavy atom. The van der Waals surface area contributed by atoms with Crippen LogP contribution in [0.4, 0.5) is 0 Å². The van der Waals surface area contributed by atoms with Gasteiger partial charge < -0.3 is 17.9 Å². The molecule has 2 nitrogen and oxygen atoms in total. The molecular formula is C2H5ClNNaO. The minimum atomic E-state index is 0. The minimum Gasteiger partial charge on any atom is -1.00 e. The van der Waals surface area contributed by atoms with Crippen molar-refractivity contribution in [2.24, 2.45) is 0 Å². The van der Waals surface area contributed by atoms with Gasteiger partial charge in [-0.1, -0.05) is 0 Å². The van der Waals surface area contributed by atoms with E-state index in [2.05, 4.69) is 0 Å². The van der Waals surface area contributed by atoms with Crippen molar-refractivity contribution in [3.63, 3.8) is 0 Å². The number of hydrogen-bond donors (Lipinski definition) is 0. The second-order valence-corrected chi connectivity index (χ2v) is 0.224. The van der Waals surface area contributed by atoms with E-state index in [1.54, 1.807) is 6.07 Å². The summed E-state index contributed by atoms with van der Waals surface area (Å²) in [5, 5.41) is 7.32. The maximum absolute atomic E-state index is 7.32. The van der Waals surface area contributed by atoms with Crippen LogP contribution in [-0.2, 0) is 0 Å². The Balaban J connectivity index is -0.00000000667. The number of hydrogen-bond acceptors (Lipinski definition) is 1. The largest absolute Gasteiger partial charge is 1.00 e.